The highest BCUT2D eigenvalue weighted by Gasteiger charge is 2.14. The molecule has 0 fully saturated rings. The Morgan fingerprint density at radius 1 is 0.917 bits per heavy atom. The number of benzene rings is 2. The van der Waals surface area contributed by atoms with Crippen LogP contribution >= 0.6 is 0 Å². The van der Waals surface area contributed by atoms with Gasteiger partial charge in [0.15, 0.2) is 0 Å². The molecule has 24 heavy (non-hydrogen) atoms. The van der Waals surface area contributed by atoms with Crippen LogP contribution in [0.1, 0.15) is 68.6 Å². The fourth-order valence-corrected chi connectivity index (χ4v) is 2.98. The second-order valence-corrected chi connectivity index (χ2v) is 6.29. The monoisotopic (exact) mass is 328 g/mol. The fraction of sp³-hybridized carbons (Fsp3) is 0.476. The number of carbonyl (C=O) groups is 1. The first-order valence-electron chi connectivity index (χ1n) is 9.12. The van der Waals surface area contributed by atoms with E-state index in [1.165, 1.54) is 38.5 Å². The van der Waals surface area contributed by atoms with Gasteiger partial charge in [0.25, 0.3) is 0 Å². The molecule has 0 unspecified atom stereocenters. The van der Waals surface area contributed by atoms with Gasteiger partial charge in [0.1, 0.15) is 11.3 Å². The van der Waals surface area contributed by atoms with Crippen LogP contribution in [0.4, 0.5) is 0 Å². The molecule has 130 valence electrons. The largest absolute Gasteiger partial charge is 0.492 e. The van der Waals surface area contributed by atoms with Crippen molar-refractivity contribution in [3.8, 4) is 5.75 Å². The van der Waals surface area contributed by atoms with Gasteiger partial charge in [-0.1, -0.05) is 82.2 Å². The van der Waals surface area contributed by atoms with E-state index >= 15 is 0 Å². The molecular formula is C21H28O3. The lowest BCUT2D eigenvalue weighted by molar-refractivity contribution is 0.0692. The van der Waals surface area contributed by atoms with Crippen LogP contribution in [0.15, 0.2) is 36.4 Å². The van der Waals surface area contributed by atoms with Gasteiger partial charge in [-0.3, -0.25) is 0 Å². The second-order valence-electron chi connectivity index (χ2n) is 6.29. The van der Waals surface area contributed by atoms with E-state index in [1.54, 1.807) is 6.07 Å². The van der Waals surface area contributed by atoms with E-state index in [9.17, 15) is 9.90 Å². The van der Waals surface area contributed by atoms with Crippen molar-refractivity contribution in [2.24, 2.45) is 0 Å². The lowest BCUT2D eigenvalue weighted by atomic mass is 10.1. The summed E-state index contributed by atoms with van der Waals surface area (Å²) in [4.78, 5) is 11.4. The Morgan fingerprint density at radius 2 is 1.58 bits per heavy atom. The number of hydrogen-bond acceptors (Lipinski definition) is 2. The molecule has 2 rings (SSSR count). The van der Waals surface area contributed by atoms with Crippen LogP contribution in [-0.4, -0.2) is 17.7 Å². The summed E-state index contributed by atoms with van der Waals surface area (Å²) in [6, 6.07) is 11.2. The van der Waals surface area contributed by atoms with Gasteiger partial charge in [-0.15, -0.1) is 0 Å². The van der Waals surface area contributed by atoms with E-state index in [4.69, 9.17) is 4.74 Å². The first-order valence-corrected chi connectivity index (χ1v) is 9.12. The van der Waals surface area contributed by atoms with Gasteiger partial charge in [0.05, 0.1) is 6.61 Å². The minimum atomic E-state index is -0.938. The summed E-state index contributed by atoms with van der Waals surface area (Å²) in [5.41, 5.74) is 0.244. The first kappa shape index (κ1) is 18.3. The zero-order chi connectivity index (χ0) is 17.2. The molecule has 2 aromatic carbocycles. The van der Waals surface area contributed by atoms with Gasteiger partial charge in [-0.05, 0) is 17.9 Å². The van der Waals surface area contributed by atoms with E-state index < -0.39 is 5.97 Å². The van der Waals surface area contributed by atoms with E-state index in [2.05, 4.69) is 6.92 Å². The molecule has 0 saturated carbocycles. The van der Waals surface area contributed by atoms with Crippen molar-refractivity contribution in [1.82, 2.24) is 0 Å². The van der Waals surface area contributed by atoms with Crippen LogP contribution in [0.25, 0.3) is 10.8 Å². The zero-order valence-corrected chi connectivity index (χ0v) is 14.6. The highest BCUT2D eigenvalue weighted by molar-refractivity contribution is 6.00. The standard InChI is InChI=1S/C21H28O3/c1-2-3-4-5-6-7-8-11-16-24-20-18-13-10-9-12-17(18)14-15-19(20)21(22)23/h9-10,12-15H,2-8,11,16H2,1H3,(H,22,23). The van der Waals surface area contributed by atoms with E-state index in [1.807, 2.05) is 30.3 Å². The smallest absolute Gasteiger partial charge is 0.339 e. The van der Waals surface area contributed by atoms with E-state index in [0.717, 1.165) is 23.6 Å². The summed E-state index contributed by atoms with van der Waals surface area (Å²) < 4.78 is 5.88. The van der Waals surface area contributed by atoms with E-state index in [-0.39, 0.29) is 5.56 Å². The summed E-state index contributed by atoms with van der Waals surface area (Å²) in [6.45, 7) is 2.80. The third kappa shape index (κ3) is 5.26. The molecule has 0 radical (unpaired) electrons. The zero-order valence-electron chi connectivity index (χ0n) is 14.6. The van der Waals surface area contributed by atoms with Gasteiger partial charge < -0.3 is 9.84 Å². The van der Waals surface area contributed by atoms with E-state index in [0.29, 0.717) is 12.4 Å². The maximum Gasteiger partial charge on any atom is 0.339 e. The van der Waals surface area contributed by atoms with Gasteiger partial charge in [0, 0.05) is 5.39 Å². The normalized spacial score (nSPS) is 10.9. The quantitative estimate of drug-likeness (QED) is 0.510. The lowest BCUT2D eigenvalue weighted by Crippen LogP contribution is -2.05. The predicted molar refractivity (Wildman–Crippen MR) is 99.0 cm³/mol. The molecule has 0 heterocycles. The Balaban J connectivity index is 1.85. The molecule has 0 saturated heterocycles. The Kier molecular flexibility index (Phi) is 7.60. The van der Waals surface area contributed by atoms with Crippen molar-refractivity contribution >= 4 is 16.7 Å². The molecule has 3 heteroatoms. The number of rotatable bonds is 11. The van der Waals surface area contributed by atoms with Crippen LogP contribution in [0.5, 0.6) is 5.75 Å². The number of carboxylic acids is 1. The highest BCUT2D eigenvalue weighted by atomic mass is 16.5. The predicted octanol–water partition coefficient (Wildman–Crippen LogP) is 6.06. The molecule has 1 N–H and O–H groups in total. The minimum Gasteiger partial charge on any atom is -0.492 e. The molecule has 2 aromatic rings. The number of ether oxygens (including phenoxy) is 1. The topological polar surface area (TPSA) is 46.5 Å². The Bertz CT molecular complexity index is 649. The van der Waals surface area contributed by atoms with Crippen LogP contribution in [0, 0.1) is 0 Å². The summed E-state index contributed by atoms with van der Waals surface area (Å²) in [5.74, 6) is -0.435. The molecule has 0 aliphatic rings. The molecule has 0 spiro atoms. The number of hydrogen-bond donors (Lipinski definition) is 1. The van der Waals surface area contributed by atoms with Gasteiger partial charge in [0.2, 0.25) is 0 Å². The second kappa shape index (κ2) is 9.96. The van der Waals surface area contributed by atoms with Crippen molar-refractivity contribution in [2.45, 2.75) is 58.3 Å². The van der Waals surface area contributed by atoms with Crippen molar-refractivity contribution in [3.05, 3.63) is 42.0 Å². The highest BCUT2D eigenvalue weighted by Crippen LogP contribution is 2.30. The average Bonchev–Trinajstić information content (AvgIpc) is 2.60. The Labute approximate surface area is 144 Å². The van der Waals surface area contributed by atoms with Crippen molar-refractivity contribution < 1.29 is 14.6 Å². The summed E-state index contributed by atoms with van der Waals surface area (Å²) in [6.07, 6.45) is 9.90. The Morgan fingerprint density at radius 3 is 2.29 bits per heavy atom. The van der Waals surface area contributed by atoms with Crippen LogP contribution in [0.3, 0.4) is 0 Å². The maximum absolute atomic E-state index is 11.4. The molecule has 3 nitrogen and oxygen atoms in total. The molecule has 0 amide bonds. The third-order valence-electron chi connectivity index (χ3n) is 4.35. The lowest BCUT2D eigenvalue weighted by Gasteiger charge is -2.12. The molecule has 0 aromatic heterocycles. The Hall–Kier alpha value is -2.03. The summed E-state index contributed by atoms with van der Waals surface area (Å²) in [7, 11) is 0. The molecule has 0 bridgehead atoms. The van der Waals surface area contributed by atoms with Crippen molar-refractivity contribution in [1.29, 1.82) is 0 Å². The molecule has 0 atom stereocenters. The number of aromatic carboxylic acids is 1. The average molecular weight is 328 g/mol. The first-order chi connectivity index (χ1) is 11.7. The SMILES string of the molecule is CCCCCCCCCCOc1c(C(=O)O)ccc2ccccc12. The number of unbranched alkanes of at least 4 members (excludes halogenated alkanes) is 7. The van der Waals surface area contributed by atoms with Gasteiger partial charge in [-0.25, -0.2) is 4.79 Å². The van der Waals surface area contributed by atoms with Crippen LogP contribution in [0.2, 0.25) is 0 Å². The summed E-state index contributed by atoms with van der Waals surface area (Å²) in [5, 5.41) is 11.3. The fourth-order valence-electron chi connectivity index (χ4n) is 2.98. The van der Waals surface area contributed by atoms with Crippen molar-refractivity contribution in [3.63, 3.8) is 0 Å². The third-order valence-corrected chi connectivity index (χ3v) is 4.35. The number of carboxylic acid groups (broad SMARTS) is 1. The van der Waals surface area contributed by atoms with Crippen molar-refractivity contribution in [2.75, 3.05) is 6.61 Å². The minimum absolute atomic E-state index is 0.244. The van der Waals surface area contributed by atoms with Crippen LogP contribution in [-0.2, 0) is 0 Å². The van der Waals surface area contributed by atoms with Gasteiger partial charge >= 0.3 is 5.97 Å². The van der Waals surface area contributed by atoms with Crippen LogP contribution < -0.4 is 4.74 Å². The maximum atomic E-state index is 11.4. The number of fused-ring (bicyclic) bond motifs is 1. The molecule has 0 aliphatic heterocycles. The molecule has 0 aliphatic carbocycles. The summed E-state index contributed by atoms with van der Waals surface area (Å²) >= 11 is 0. The molecular weight excluding hydrogens is 300 g/mol. The van der Waals surface area contributed by atoms with Gasteiger partial charge in [-0.2, -0.15) is 0 Å².